The zero-order valence-corrected chi connectivity index (χ0v) is 22.5. The fourth-order valence-electron chi connectivity index (χ4n) is 4.74. The van der Waals surface area contributed by atoms with Gasteiger partial charge in [-0.1, -0.05) is 6.92 Å². The summed E-state index contributed by atoms with van der Waals surface area (Å²) >= 11 is 5.70. The Labute approximate surface area is 227 Å². The van der Waals surface area contributed by atoms with Crippen LogP contribution in [0.2, 0.25) is 0 Å². The van der Waals surface area contributed by atoms with Gasteiger partial charge in [0.1, 0.15) is 11.9 Å². The first-order valence-corrected chi connectivity index (χ1v) is 13.4. The van der Waals surface area contributed by atoms with Crippen molar-refractivity contribution < 1.29 is 23.5 Å². The van der Waals surface area contributed by atoms with Gasteiger partial charge in [-0.05, 0) is 99.5 Å². The quantitative estimate of drug-likeness (QED) is 0.379. The van der Waals surface area contributed by atoms with E-state index >= 15 is 0 Å². The summed E-state index contributed by atoms with van der Waals surface area (Å²) < 4.78 is 18.5. The molecule has 0 bridgehead atoms. The van der Waals surface area contributed by atoms with Crippen LogP contribution in [0.1, 0.15) is 43.5 Å². The molecular formula is C28H33FN4O4S. The third-order valence-electron chi connectivity index (χ3n) is 7.00. The van der Waals surface area contributed by atoms with Gasteiger partial charge in [0.15, 0.2) is 5.11 Å². The molecule has 0 saturated carbocycles. The van der Waals surface area contributed by atoms with Crippen molar-refractivity contribution in [2.24, 2.45) is 5.92 Å². The van der Waals surface area contributed by atoms with Crippen LogP contribution in [-0.4, -0.2) is 71.5 Å². The standard InChI is InChI=1S/C28H33FN4O4S/c1-3-37-27(36)20-4-8-22(9-5-20)30-25(34)18-24-26(35)33(23-10-6-21(29)7-11-23)28(38)32(24)17-16-31-14-12-19(2)13-15-31/h4-11,19,24H,3,12-18H2,1-2H3,(H,30,34). The summed E-state index contributed by atoms with van der Waals surface area (Å²) in [6, 6.07) is 11.2. The van der Waals surface area contributed by atoms with Crippen LogP contribution in [0.5, 0.6) is 0 Å². The van der Waals surface area contributed by atoms with Crippen molar-refractivity contribution in [3.63, 3.8) is 0 Å². The summed E-state index contributed by atoms with van der Waals surface area (Å²) in [5, 5.41) is 3.11. The predicted molar refractivity (Wildman–Crippen MR) is 147 cm³/mol. The lowest BCUT2D eigenvalue weighted by molar-refractivity contribution is -0.124. The summed E-state index contributed by atoms with van der Waals surface area (Å²) in [4.78, 5) is 44.0. The van der Waals surface area contributed by atoms with Crippen molar-refractivity contribution in [2.75, 3.05) is 43.0 Å². The molecule has 0 aliphatic carbocycles. The minimum absolute atomic E-state index is 0.104. The Bertz CT molecular complexity index is 1170. The van der Waals surface area contributed by atoms with E-state index in [1.807, 2.05) is 4.90 Å². The Balaban J connectivity index is 1.47. The highest BCUT2D eigenvalue weighted by Crippen LogP contribution is 2.28. The van der Waals surface area contributed by atoms with Crippen molar-refractivity contribution in [3.8, 4) is 0 Å². The summed E-state index contributed by atoms with van der Waals surface area (Å²) in [6.45, 7) is 7.47. The Morgan fingerprint density at radius 1 is 1.05 bits per heavy atom. The van der Waals surface area contributed by atoms with E-state index in [1.165, 1.54) is 29.2 Å². The molecular weight excluding hydrogens is 507 g/mol. The second-order valence-electron chi connectivity index (χ2n) is 9.72. The highest BCUT2D eigenvalue weighted by atomic mass is 32.1. The molecule has 2 heterocycles. The van der Waals surface area contributed by atoms with Crippen molar-refractivity contribution in [2.45, 2.75) is 39.2 Å². The van der Waals surface area contributed by atoms with Gasteiger partial charge in [-0.15, -0.1) is 0 Å². The maximum absolute atomic E-state index is 13.5. The molecule has 2 amide bonds. The van der Waals surface area contributed by atoms with Crippen LogP contribution in [0.25, 0.3) is 0 Å². The molecule has 2 aliphatic rings. The number of halogens is 1. The van der Waals surface area contributed by atoms with Crippen molar-refractivity contribution in [1.82, 2.24) is 9.80 Å². The minimum Gasteiger partial charge on any atom is -0.462 e. The number of hydrogen-bond donors (Lipinski definition) is 1. The van der Waals surface area contributed by atoms with Crippen LogP contribution in [-0.2, 0) is 14.3 Å². The second kappa shape index (κ2) is 12.4. The number of nitrogens with one attached hydrogen (secondary N) is 1. The van der Waals surface area contributed by atoms with Crippen LogP contribution < -0.4 is 10.2 Å². The van der Waals surface area contributed by atoms with Gasteiger partial charge < -0.3 is 19.9 Å². The molecule has 2 fully saturated rings. The third-order valence-corrected chi connectivity index (χ3v) is 7.41. The van der Waals surface area contributed by atoms with E-state index < -0.39 is 17.8 Å². The van der Waals surface area contributed by atoms with E-state index in [4.69, 9.17) is 17.0 Å². The van der Waals surface area contributed by atoms with Crippen molar-refractivity contribution in [1.29, 1.82) is 0 Å². The Morgan fingerprint density at radius 3 is 2.34 bits per heavy atom. The fraction of sp³-hybridized carbons (Fsp3) is 0.429. The number of rotatable bonds is 9. The largest absolute Gasteiger partial charge is 0.462 e. The number of thiocarbonyl (C=S) groups is 1. The van der Waals surface area contributed by atoms with Gasteiger partial charge in [0, 0.05) is 18.8 Å². The lowest BCUT2D eigenvalue weighted by Gasteiger charge is -2.32. The van der Waals surface area contributed by atoms with Gasteiger partial charge >= 0.3 is 5.97 Å². The minimum atomic E-state index is -0.782. The van der Waals surface area contributed by atoms with Gasteiger partial charge in [-0.3, -0.25) is 14.5 Å². The van der Waals surface area contributed by atoms with Crippen LogP contribution in [0.15, 0.2) is 48.5 Å². The second-order valence-corrected chi connectivity index (χ2v) is 10.1. The Morgan fingerprint density at radius 2 is 1.71 bits per heavy atom. The molecule has 1 unspecified atom stereocenters. The number of esters is 1. The molecule has 202 valence electrons. The number of likely N-dealkylation sites (tertiary alicyclic amines) is 1. The molecule has 2 aliphatic heterocycles. The van der Waals surface area contributed by atoms with E-state index in [9.17, 15) is 18.8 Å². The zero-order chi connectivity index (χ0) is 27.2. The summed E-state index contributed by atoms with van der Waals surface area (Å²) in [5.41, 5.74) is 1.35. The van der Waals surface area contributed by atoms with Gasteiger partial charge in [0.2, 0.25) is 5.91 Å². The molecule has 0 radical (unpaired) electrons. The van der Waals surface area contributed by atoms with Crippen molar-refractivity contribution >= 4 is 46.5 Å². The highest BCUT2D eigenvalue weighted by molar-refractivity contribution is 7.80. The normalized spacial score (nSPS) is 18.7. The SMILES string of the molecule is CCOC(=O)c1ccc(NC(=O)CC2C(=O)N(c3ccc(F)cc3)C(=S)N2CCN2CCC(C)CC2)cc1. The fourth-order valence-corrected chi connectivity index (χ4v) is 5.16. The van der Waals surface area contributed by atoms with Gasteiger partial charge in [-0.2, -0.15) is 0 Å². The maximum atomic E-state index is 13.5. The average molecular weight is 541 g/mol. The molecule has 2 saturated heterocycles. The van der Waals surface area contributed by atoms with E-state index in [-0.39, 0.29) is 24.8 Å². The van der Waals surface area contributed by atoms with E-state index in [2.05, 4.69) is 17.1 Å². The summed E-state index contributed by atoms with van der Waals surface area (Å²) in [7, 11) is 0. The number of nitrogens with zero attached hydrogens (tertiary/aromatic N) is 3. The van der Waals surface area contributed by atoms with Gasteiger partial charge in [-0.25, -0.2) is 9.18 Å². The average Bonchev–Trinajstić information content (AvgIpc) is 3.13. The van der Waals surface area contributed by atoms with Crippen LogP contribution in [0, 0.1) is 11.7 Å². The predicted octanol–water partition coefficient (Wildman–Crippen LogP) is 4.07. The van der Waals surface area contributed by atoms with Crippen molar-refractivity contribution in [3.05, 3.63) is 59.9 Å². The maximum Gasteiger partial charge on any atom is 0.338 e. The number of carbonyl (C=O) groups is 3. The molecule has 1 atom stereocenters. The smallest absolute Gasteiger partial charge is 0.338 e. The molecule has 2 aromatic rings. The van der Waals surface area contributed by atoms with Gasteiger partial charge in [0.25, 0.3) is 5.91 Å². The highest BCUT2D eigenvalue weighted by Gasteiger charge is 2.44. The van der Waals surface area contributed by atoms with E-state index in [0.29, 0.717) is 34.5 Å². The Kier molecular flexibility index (Phi) is 9.06. The van der Waals surface area contributed by atoms with Crippen LogP contribution >= 0.6 is 12.2 Å². The molecule has 38 heavy (non-hydrogen) atoms. The molecule has 4 rings (SSSR count). The zero-order valence-electron chi connectivity index (χ0n) is 21.7. The third kappa shape index (κ3) is 6.54. The first kappa shape index (κ1) is 27.7. The van der Waals surface area contributed by atoms with E-state index in [0.717, 1.165) is 32.5 Å². The summed E-state index contributed by atoms with van der Waals surface area (Å²) in [5.74, 6) is -0.811. The first-order valence-electron chi connectivity index (χ1n) is 13.0. The number of amides is 2. The number of anilines is 2. The monoisotopic (exact) mass is 540 g/mol. The lowest BCUT2D eigenvalue weighted by Crippen LogP contribution is -2.44. The van der Waals surface area contributed by atoms with Gasteiger partial charge in [0.05, 0.1) is 24.3 Å². The van der Waals surface area contributed by atoms with E-state index in [1.54, 1.807) is 31.2 Å². The molecule has 0 spiro atoms. The molecule has 10 heteroatoms. The number of hydrogen-bond acceptors (Lipinski definition) is 6. The topological polar surface area (TPSA) is 82.2 Å². The molecule has 2 aromatic carbocycles. The van der Waals surface area contributed by atoms with Crippen LogP contribution in [0.4, 0.5) is 15.8 Å². The lowest BCUT2D eigenvalue weighted by atomic mass is 9.99. The Hall–Kier alpha value is -3.37. The first-order chi connectivity index (χ1) is 18.3. The number of piperidine rings is 1. The molecule has 0 aromatic heterocycles. The van der Waals surface area contributed by atoms with Crippen LogP contribution in [0.3, 0.4) is 0 Å². The molecule has 1 N–H and O–H groups in total. The number of benzene rings is 2. The summed E-state index contributed by atoms with van der Waals surface area (Å²) in [6.07, 6.45) is 2.16. The number of carbonyl (C=O) groups excluding carboxylic acids is 3. The number of ether oxygens (including phenoxy) is 1. The molecule has 8 nitrogen and oxygen atoms in total.